The zero-order valence-corrected chi connectivity index (χ0v) is 8.17. The fourth-order valence-corrected chi connectivity index (χ4v) is 2.93. The summed E-state index contributed by atoms with van der Waals surface area (Å²) in [4.78, 5) is 12.6. The molecule has 2 aliphatic heterocycles. The standard InChI is InChI=1S/C10H8N2OS/c13-10-7-5-14-8-4-2-1-3-6(8)9(7)11-12-10/h1-4,7H,5H2,(H,12,13). The maximum Gasteiger partial charge on any atom is 0.250 e. The number of amides is 1. The number of nitrogens with zero attached hydrogens (tertiary/aromatic N) is 1. The van der Waals surface area contributed by atoms with Gasteiger partial charge in [0.05, 0.1) is 11.6 Å². The second kappa shape index (κ2) is 2.85. The molecule has 4 heteroatoms. The minimum atomic E-state index is -0.0464. The van der Waals surface area contributed by atoms with Crippen molar-refractivity contribution in [1.29, 1.82) is 0 Å². The van der Waals surface area contributed by atoms with Crippen LogP contribution in [0.4, 0.5) is 0 Å². The van der Waals surface area contributed by atoms with Gasteiger partial charge < -0.3 is 0 Å². The number of thioether (sulfide) groups is 1. The Hall–Kier alpha value is -1.29. The summed E-state index contributed by atoms with van der Waals surface area (Å²) in [5.74, 6) is 0.790. The highest BCUT2D eigenvalue weighted by Gasteiger charge is 2.35. The lowest BCUT2D eigenvalue weighted by molar-refractivity contribution is -0.121. The van der Waals surface area contributed by atoms with Crippen LogP contribution in [0.1, 0.15) is 5.56 Å². The minimum Gasteiger partial charge on any atom is -0.272 e. The third-order valence-corrected chi connectivity index (χ3v) is 3.67. The van der Waals surface area contributed by atoms with Crippen molar-refractivity contribution < 1.29 is 4.79 Å². The van der Waals surface area contributed by atoms with Crippen molar-refractivity contribution in [1.82, 2.24) is 5.43 Å². The van der Waals surface area contributed by atoms with E-state index < -0.39 is 0 Å². The van der Waals surface area contributed by atoms with Gasteiger partial charge in [-0.3, -0.25) is 4.79 Å². The molecule has 0 spiro atoms. The van der Waals surface area contributed by atoms with Crippen molar-refractivity contribution in [3.05, 3.63) is 29.8 Å². The van der Waals surface area contributed by atoms with Crippen LogP contribution < -0.4 is 5.43 Å². The molecular formula is C10H8N2OS. The van der Waals surface area contributed by atoms with Crippen molar-refractivity contribution in [2.24, 2.45) is 11.0 Å². The smallest absolute Gasteiger partial charge is 0.250 e. The van der Waals surface area contributed by atoms with Crippen LogP contribution in [0.15, 0.2) is 34.3 Å². The summed E-state index contributed by atoms with van der Waals surface area (Å²) in [5.41, 5.74) is 4.55. The van der Waals surface area contributed by atoms with E-state index in [0.29, 0.717) is 0 Å². The fourth-order valence-electron chi connectivity index (χ4n) is 1.78. The molecule has 14 heavy (non-hydrogen) atoms. The van der Waals surface area contributed by atoms with Gasteiger partial charge in [-0.05, 0) is 6.07 Å². The summed E-state index contributed by atoms with van der Waals surface area (Å²) in [6.07, 6.45) is 0. The van der Waals surface area contributed by atoms with Crippen LogP contribution in [0.3, 0.4) is 0 Å². The highest BCUT2D eigenvalue weighted by molar-refractivity contribution is 7.99. The molecular weight excluding hydrogens is 196 g/mol. The Morgan fingerprint density at radius 3 is 3.21 bits per heavy atom. The summed E-state index contributed by atoms with van der Waals surface area (Å²) in [5, 5.41) is 4.08. The fraction of sp³-hybridized carbons (Fsp3) is 0.200. The SMILES string of the molecule is O=C1NN=C2c3ccccc3SCC12. The number of benzene rings is 1. The number of fused-ring (bicyclic) bond motifs is 3. The Bertz CT molecular complexity index is 442. The summed E-state index contributed by atoms with van der Waals surface area (Å²) in [7, 11) is 0. The predicted molar refractivity (Wildman–Crippen MR) is 55.3 cm³/mol. The van der Waals surface area contributed by atoms with E-state index in [9.17, 15) is 4.79 Å². The molecule has 1 unspecified atom stereocenters. The van der Waals surface area contributed by atoms with Gasteiger partial charge in [-0.2, -0.15) is 5.10 Å². The van der Waals surface area contributed by atoms with Crippen molar-refractivity contribution in [2.45, 2.75) is 4.90 Å². The van der Waals surface area contributed by atoms with E-state index >= 15 is 0 Å². The van der Waals surface area contributed by atoms with Gasteiger partial charge in [-0.15, -0.1) is 11.8 Å². The third-order valence-electron chi connectivity index (χ3n) is 2.50. The average Bonchev–Trinajstić information content (AvgIpc) is 2.61. The maximum absolute atomic E-state index is 11.4. The topological polar surface area (TPSA) is 41.5 Å². The van der Waals surface area contributed by atoms with Gasteiger partial charge >= 0.3 is 0 Å². The van der Waals surface area contributed by atoms with Crippen LogP contribution in [-0.4, -0.2) is 17.4 Å². The van der Waals surface area contributed by atoms with Gasteiger partial charge in [0.2, 0.25) is 5.91 Å². The predicted octanol–water partition coefficient (Wildman–Crippen LogP) is 1.24. The summed E-state index contributed by atoms with van der Waals surface area (Å²) in [6.45, 7) is 0. The first-order chi connectivity index (χ1) is 6.86. The lowest BCUT2D eigenvalue weighted by Crippen LogP contribution is -2.28. The molecule has 0 aliphatic carbocycles. The molecule has 2 aliphatic rings. The molecule has 1 amide bonds. The number of hydrazone groups is 1. The molecule has 0 bridgehead atoms. The second-order valence-corrected chi connectivity index (χ2v) is 4.39. The summed E-state index contributed by atoms with van der Waals surface area (Å²) >= 11 is 1.73. The van der Waals surface area contributed by atoms with Gasteiger partial charge in [-0.25, -0.2) is 5.43 Å². The third kappa shape index (κ3) is 1.00. The molecule has 0 aromatic heterocycles. The number of nitrogens with one attached hydrogen (secondary N) is 1. The van der Waals surface area contributed by atoms with E-state index in [-0.39, 0.29) is 11.8 Å². The Kier molecular flexibility index (Phi) is 1.64. The Labute approximate surface area is 85.6 Å². The van der Waals surface area contributed by atoms with Crippen molar-refractivity contribution in [3.8, 4) is 0 Å². The van der Waals surface area contributed by atoms with Crippen molar-refractivity contribution in [2.75, 3.05) is 5.75 Å². The number of carbonyl (C=O) groups is 1. The van der Waals surface area contributed by atoms with E-state index in [1.165, 1.54) is 4.90 Å². The molecule has 3 nitrogen and oxygen atoms in total. The monoisotopic (exact) mass is 204 g/mol. The van der Waals surface area contributed by atoms with Gasteiger partial charge in [0.15, 0.2) is 0 Å². The molecule has 0 saturated heterocycles. The average molecular weight is 204 g/mol. The molecule has 1 atom stereocenters. The van der Waals surface area contributed by atoms with E-state index in [4.69, 9.17) is 0 Å². The number of hydrogen-bond acceptors (Lipinski definition) is 3. The molecule has 0 saturated carbocycles. The summed E-state index contributed by atoms with van der Waals surface area (Å²) < 4.78 is 0. The molecule has 0 radical (unpaired) electrons. The number of carbonyl (C=O) groups excluding carboxylic acids is 1. The zero-order chi connectivity index (χ0) is 9.54. The first-order valence-electron chi connectivity index (χ1n) is 4.46. The van der Waals surface area contributed by atoms with Gasteiger partial charge in [-0.1, -0.05) is 18.2 Å². The Morgan fingerprint density at radius 2 is 2.29 bits per heavy atom. The first kappa shape index (κ1) is 8.05. The molecule has 1 N–H and O–H groups in total. The van der Waals surface area contributed by atoms with E-state index in [1.807, 2.05) is 18.2 Å². The quantitative estimate of drug-likeness (QED) is 0.691. The van der Waals surface area contributed by atoms with Gasteiger partial charge in [0, 0.05) is 16.2 Å². The van der Waals surface area contributed by atoms with Crippen LogP contribution in [-0.2, 0) is 4.79 Å². The van der Waals surface area contributed by atoms with Gasteiger partial charge in [0.1, 0.15) is 0 Å². The lowest BCUT2D eigenvalue weighted by atomic mass is 9.98. The van der Waals surface area contributed by atoms with Gasteiger partial charge in [0.25, 0.3) is 0 Å². The maximum atomic E-state index is 11.4. The minimum absolute atomic E-state index is 0.0296. The Morgan fingerprint density at radius 1 is 1.43 bits per heavy atom. The van der Waals surface area contributed by atoms with Crippen LogP contribution in [0.2, 0.25) is 0 Å². The summed E-state index contributed by atoms with van der Waals surface area (Å²) in [6, 6.07) is 8.08. The van der Waals surface area contributed by atoms with Crippen LogP contribution in [0.5, 0.6) is 0 Å². The highest BCUT2D eigenvalue weighted by Crippen LogP contribution is 2.34. The van der Waals surface area contributed by atoms with E-state index in [0.717, 1.165) is 17.0 Å². The van der Waals surface area contributed by atoms with Crippen molar-refractivity contribution >= 4 is 23.4 Å². The van der Waals surface area contributed by atoms with E-state index in [1.54, 1.807) is 11.8 Å². The first-order valence-corrected chi connectivity index (χ1v) is 5.44. The molecule has 3 rings (SSSR count). The van der Waals surface area contributed by atoms with Crippen LogP contribution in [0, 0.1) is 5.92 Å². The lowest BCUT2D eigenvalue weighted by Gasteiger charge is -2.19. The van der Waals surface area contributed by atoms with Crippen molar-refractivity contribution in [3.63, 3.8) is 0 Å². The normalized spacial score (nSPS) is 23.6. The van der Waals surface area contributed by atoms with Crippen LogP contribution in [0.25, 0.3) is 0 Å². The van der Waals surface area contributed by atoms with Crippen LogP contribution >= 0.6 is 11.8 Å². The largest absolute Gasteiger partial charge is 0.272 e. The molecule has 2 heterocycles. The Balaban J connectivity index is 2.15. The molecule has 1 aromatic rings. The number of hydrogen-bond donors (Lipinski definition) is 1. The van der Waals surface area contributed by atoms with E-state index in [2.05, 4.69) is 16.6 Å². The highest BCUT2D eigenvalue weighted by atomic mass is 32.2. The number of rotatable bonds is 0. The molecule has 0 fully saturated rings. The zero-order valence-electron chi connectivity index (χ0n) is 7.36. The molecule has 70 valence electrons. The molecule has 1 aromatic carbocycles. The second-order valence-electron chi connectivity index (χ2n) is 3.33.